The molecular formula is C10H8IN3O3. The summed E-state index contributed by atoms with van der Waals surface area (Å²) in [6, 6.07) is 5.91. The van der Waals surface area contributed by atoms with Crippen LogP contribution in [-0.2, 0) is 0 Å². The zero-order chi connectivity index (χ0) is 12.4. The molecule has 0 aliphatic heterocycles. The Labute approximate surface area is 110 Å². The number of aryl methyl sites for hydroxylation is 1. The van der Waals surface area contributed by atoms with E-state index < -0.39 is 4.92 Å². The molecule has 0 aliphatic carbocycles. The second-order valence-corrected chi connectivity index (χ2v) is 4.34. The van der Waals surface area contributed by atoms with Crippen molar-refractivity contribution >= 4 is 28.3 Å². The average molecular weight is 345 g/mol. The van der Waals surface area contributed by atoms with Gasteiger partial charge in [0.15, 0.2) is 9.45 Å². The monoisotopic (exact) mass is 345 g/mol. The fraction of sp³-hybridized carbons (Fsp3) is 0.100. The lowest BCUT2D eigenvalue weighted by molar-refractivity contribution is -0.384. The lowest BCUT2D eigenvalue weighted by Gasteiger charge is -2.04. The minimum absolute atomic E-state index is 0.0379. The van der Waals surface area contributed by atoms with Gasteiger partial charge in [0.2, 0.25) is 0 Å². The summed E-state index contributed by atoms with van der Waals surface area (Å²) in [7, 11) is 0. The number of aromatic nitrogens is 2. The molecule has 1 heterocycles. The highest BCUT2D eigenvalue weighted by Gasteiger charge is 2.11. The van der Waals surface area contributed by atoms with Crippen LogP contribution >= 0.6 is 22.6 Å². The van der Waals surface area contributed by atoms with E-state index in [0.717, 1.165) is 9.39 Å². The van der Waals surface area contributed by atoms with Gasteiger partial charge in [0.05, 0.1) is 10.6 Å². The fourth-order valence-corrected chi connectivity index (χ4v) is 1.90. The molecule has 17 heavy (non-hydrogen) atoms. The highest BCUT2D eigenvalue weighted by atomic mass is 127. The molecule has 0 unspecified atom stereocenters. The molecule has 0 saturated carbocycles. The first-order valence-corrected chi connectivity index (χ1v) is 5.78. The summed E-state index contributed by atoms with van der Waals surface area (Å²) >= 11 is 2.05. The molecule has 0 atom stereocenters. The molecule has 0 bridgehead atoms. The molecule has 0 saturated heterocycles. The highest BCUT2D eigenvalue weighted by Crippen LogP contribution is 2.29. The first-order valence-electron chi connectivity index (χ1n) is 4.70. The number of halogens is 1. The smallest absolute Gasteiger partial charge is 0.269 e. The first kappa shape index (κ1) is 11.8. The van der Waals surface area contributed by atoms with E-state index >= 15 is 0 Å². The number of nitro benzene ring substituents is 1. The largest absolute Gasteiger partial charge is 0.453 e. The summed E-state index contributed by atoms with van der Waals surface area (Å²) in [5.41, 5.74) is 0.851. The zero-order valence-electron chi connectivity index (χ0n) is 8.81. The molecule has 88 valence electrons. The van der Waals surface area contributed by atoms with Gasteiger partial charge >= 0.3 is 0 Å². The van der Waals surface area contributed by atoms with Crippen molar-refractivity contribution in [2.24, 2.45) is 0 Å². The van der Waals surface area contributed by atoms with E-state index in [1.165, 1.54) is 12.1 Å². The summed E-state index contributed by atoms with van der Waals surface area (Å²) in [5.74, 6) is 1.18. The fourth-order valence-electron chi connectivity index (χ4n) is 1.26. The lowest BCUT2D eigenvalue weighted by Crippen LogP contribution is -1.89. The van der Waals surface area contributed by atoms with Crippen molar-refractivity contribution < 1.29 is 9.66 Å². The quantitative estimate of drug-likeness (QED) is 0.527. The van der Waals surface area contributed by atoms with Crippen molar-refractivity contribution in [1.29, 1.82) is 0 Å². The van der Waals surface area contributed by atoms with Gasteiger partial charge in [0.1, 0.15) is 5.75 Å². The number of non-ortho nitro benzene ring substituents is 1. The van der Waals surface area contributed by atoms with E-state index in [1.54, 1.807) is 12.1 Å². The van der Waals surface area contributed by atoms with E-state index in [0.29, 0.717) is 11.5 Å². The van der Waals surface area contributed by atoms with Crippen LogP contribution in [-0.4, -0.2) is 15.1 Å². The number of aromatic amines is 1. The van der Waals surface area contributed by atoms with Gasteiger partial charge in [-0.3, -0.25) is 15.2 Å². The van der Waals surface area contributed by atoms with Crippen molar-refractivity contribution in [1.82, 2.24) is 10.2 Å². The average Bonchev–Trinajstić information content (AvgIpc) is 2.61. The maximum absolute atomic E-state index is 10.5. The van der Waals surface area contributed by atoms with Gasteiger partial charge in [0, 0.05) is 12.1 Å². The number of H-pyrrole nitrogens is 1. The van der Waals surface area contributed by atoms with E-state index in [-0.39, 0.29) is 5.69 Å². The van der Waals surface area contributed by atoms with Crippen LogP contribution in [0.2, 0.25) is 0 Å². The SMILES string of the molecule is Cc1[nH]nc(I)c1Oc1ccc([N+](=O)[O-])cc1. The van der Waals surface area contributed by atoms with Crippen LogP contribution in [0, 0.1) is 20.7 Å². The van der Waals surface area contributed by atoms with Crippen molar-refractivity contribution in [3.8, 4) is 11.5 Å². The Hall–Kier alpha value is -1.64. The van der Waals surface area contributed by atoms with Crippen LogP contribution in [0.4, 0.5) is 5.69 Å². The lowest BCUT2D eigenvalue weighted by atomic mass is 10.3. The first-order chi connectivity index (χ1) is 8.08. The summed E-state index contributed by atoms with van der Waals surface area (Å²) in [4.78, 5) is 10.0. The number of nitro groups is 1. The molecular weight excluding hydrogens is 337 g/mol. The number of nitrogens with zero attached hydrogens (tertiary/aromatic N) is 2. The highest BCUT2D eigenvalue weighted by molar-refractivity contribution is 14.1. The molecule has 2 aromatic rings. The Kier molecular flexibility index (Phi) is 3.27. The zero-order valence-corrected chi connectivity index (χ0v) is 11.0. The summed E-state index contributed by atoms with van der Waals surface area (Å²) in [6.07, 6.45) is 0. The van der Waals surface area contributed by atoms with Gasteiger partial charge in [-0.1, -0.05) is 0 Å². The third-order valence-electron chi connectivity index (χ3n) is 2.12. The number of rotatable bonds is 3. The number of hydrogen-bond acceptors (Lipinski definition) is 4. The van der Waals surface area contributed by atoms with Crippen molar-refractivity contribution in [2.75, 3.05) is 0 Å². The second kappa shape index (κ2) is 4.70. The van der Waals surface area contributed by atoms with E-state index in [9.17, 15) is 10.1 Å². The van der Waals surface area contributed by atoms with Gasteiger partial charge in [0.25, 0.3) is 5.69 Å². The van der Waals surface area contributed by atoms with Crippen LogP contribution in [0.15, 0.2) is 24.3 Å². The normalized spacial score (nSPS) is 10.2. The molecule has 7 heteroatoms. The van der Waals surface area contributed by atoms with Gasteiger partial charge in [-0.2, -0.15) is 5.10 Å². The Bertz CT molecular complexity index is 531. The number of ether oxygens (including phenoxy) is 1. The Morgan fingerprint density at radius 1 is 1.41 bits per heavy atom. The Balaban J connectivity index is 2.22. The molecule has 2 rings (SSSR count). The summed E-state index contributed by atoms with van der Waals surface area (Å²) < 4.78 is 6.31. The summed E-state index contributed by atoms with van der Waals surface area (Å²) in [6.45, 7) is 1.84. The van der Waals surface area contributed by atoms with Crippen LogP contribution in [0.1, 0.15) is 5.69 Å². The number of hydrogen-bond donors (Lipinski definition) is 1. The maximum atomic E-state index is 10.5. The maximum Gasteiger partial charge on any atom is 0.269 e. The Morgan fingerprint density at radius 2 is 2.06 bits per heavy atom. The Morgan fingerprint density at radius 3 is 2.53 bits per heavy atom. The van der Waals surface area contributed by atoms with Gasteiger partial charge in [-0.25, -0.2) is 0 Å². The minimum Gasteiger partial charge on any atom is -0.453 e. The predicted octanol–water partition coefficient (Wildman–Crippen LogP) is 3.02. The third kappa shape index (κ3) is 2.54. The van der Waals surface area contributed by atoms with Crippen LogP contribution in [0.5, 0.6) is 11.5 Å². The molecule has 0 amide bonds. The van der Waals surface area contributed by atoms with Gasteiger partial charge in [-0.15, -0.1) is 0 Å². The van der Waals surface area contributed by atoms with E-state index in [2.05, 4.69) is 10.2 Å². The second-order valence-electron chi connectivity index (χ2n) is 3.32. The van der Waals surface area contributed by atoms with Crippen molar-refractivity contribution in [2.45, 2.75) is 6.92 Å². The molecule has 0 fully saturated rings. The molecule has 0 aliphatic rings. The van der Waals surface area contributed by atoms with Gasteiger partial charge in [-0.05, 0) is 41.6 Å². The van der Waals surface area contributed by atoms with Gasteiger partial charge < -0.3 is 4.74 Å². The van der Waals surface area contributed by atoms with Crippen LogP contribution in [0.3, 0.4) is 0 Å². The van der Waals surface area contributed by atoms with Crippen molar-refractivity contribution in [3.63, 3.8) is 0 Å². The molecule has 1 aromatic carbocycles. The third-order valence-corrected chi connectivity index (χ3v) is 2.85. The predicted molar refractivity (Wildman–Crippen MR) is 69.2 cm³/mol. The number of nitrogens with one attached hydrogen (secondary N) is 1. The topological polar surface area (TPSA) is 81.0 Å². The van der Waals surface area contributed by atoms with Crippen molar-refractivity contribution in [3.05, 3.63) is 43.8 Å². The van der Waals surface area contributed by atoms with E-state index in [1.807, 2.05) is 29.5 Å². The molecule has 0 radical (unpaired) electrons. The molecule has 0 spiro atoms. The van der Waals surface area contributed by atoms with E-state index in [4.69, 9.17) is 4.74 Å². The molecule has 6 nitrogen and oxygen atoms in total. The molecule has 1 N–H and O–H groups in total. The molecule has 1 aromatic heterocycles. The standard InChI is InChI=1S/C10H8IN3O3/c1-6-9(10(11)13-12-6)17-8-4-2-7(3-5-8)14(15)16/h2-5H,1H3,(H,12,13). The summed E-state index contributed by atoms with van der Waals surface area (Å²) in [5, 5.41) is 17.3. The van der Waals surface area contributed by atoms with Crippen LogP contribution < -0.4 is 4.74 Å². The minimum atomic E-state index is -0.448. The number of benzene rings is 1. The van der Waals surface area contributed by atoms with Crippen LogP contribution in [0.25, 0.3) is 0 Å².